The predicted octanol–water partition coefficient (Wildman–Crippen LogP) is 6.89. The largest absolute Gasteiger partial charge is 0.464 e. The Morgan fingerprint density at radius 1 is 0.927 bits per heavy atom. The molecule has 1 aliphatic rings. The van der Waals surface area contributed by atoms with Crippen LogP contribution in [-0.2, 0) is 14.3 Å². The third-order valence-corrected chi connectivity index (χ3v) is 6.69. The normalized spacial score (nSPS) is 14.4. The SMILES string of the molecule is C=C(S/C=C(\C)N1CCN(C(=O)OC(C)(C)C)CC1)C(=O)Nc1cc(-c2ccco2)ccc1NC(=O)OC(C)(C)C. The second-order valence-corrected chi connectivity index (χ2v) is 12.5. The fourth-order valence-corrected chi connectivity index (χ4v) is 4.43. The van der Waals surface area contributed by atoms with Gasteiger partial charge in [-0.2, -0.15) is 0 Å². The van der Waals surface area contributed by atoms with Gasteiger partial charge in [-0.05, 0) is 84.2 Å². The number of carbonyl (C=O) groups excluding carboxylic acids is 3. The maximum atomic E-state index is 13.1. The van der Waals surface area contributed by atoms with Crippen molar-refractivity contribution in [2.75, 3.05) is 36.8 Å². The Morgan fingerprint density at radius 3 is 2.15 bits per heavy atom. The van der Waals surface area contributed by atoms with Crippen LogP contribution in [0.4, 0.5) is 21.0 Å². The van der Waals surface area contributed by atoms with Crippen molar-refractivity contribution in [1.29, 1.82) is 0 Å². The summed E-state index contributed by atoms with van der Waals surface area (Å²) in [4.78, 5) is 42.0. The monoisotopic (exact) mass is 584 g/mol. The highest BCUT2D eigenvalue weighted by Gasteiger charge is 2.26. The highest BCUT2D eigenvalue weighted by molar-refractivity contribution is 8.06. The van der Waals surface area contributed by atoms with Crippen molar-refractivity contribution in [1.82, 2.24) is 9.80 Å². The van der Waals surface area contributed by atoms with Gasteiger partial charge in [0, 0.05) is 37.4 Å². The molecular formula is C30H40N4O6S. The van der Waals surface area contributed by atoms with Crippen molar-refractivity contribution in [3.63, 3.8) is 0 Å². The molecule has 11 heteroatoms. The van der Waals surface area contributed by atoms with Crippen LogP contribution >= 0.6 is 11.8 Å². The van der Waals surface area contributed by atoms with Crippen LogP contribution in [0.1, 0.15) is 48.5 Å². The van der Waals surface area contributed by atoms with E-state index in [1.165, 1.54) is 11.8 Å². The molecule has 0 saturated carbocycles. The van der Waals surface area contributed by atoms with Crippen LogP contribution in [0.15, 0.2) is 63.6 Å². The third kappa shape index (κ3) is 9.93. The zero-order valence-electron chi connectivity index (χ0n) is 24.8. The fourth-order valence-electron chi connectivity index (χ4n) is 3.81. The number of hydrogen-bond donors (Lipinski definition) is 2. The number of nitrogens with one attached hydrogen (secondary N) is 2. The molecule has 0 spiro atoms. The Balaban J connectivity index is 1.63. The number of allylic oxidation sites excluding steroid dienone is 1. The van der Waals surface area contributed by atoms with E-state index in [4.69, 9.17) is 13.9 Å². The molecule has 1 fully saturated rings. The summed E-state index contributed by atoms with van der Waals surface area (Å²) in [5.74, 6) is 0.195. The first-order chi connectivity index (χ1) is 19.1. The number of anilines is 2. The van der Waals surface area contributed by atoms with Crippen LogP contribution in [0, 0.1) is 0 Å². The van der Waals surface area contributed by atoms with Gasteiger partial charge < -0.3 is 29.0 Å². The minimum absolute atomic E-state index is 0.267. The van der Waals surface area contributed by atoms with Crippen LogP contribution in [0.25, 0.3) is 11.3 Å². The molecule has 2 aromatic rings. The maximum Gasteiger partial charge on any atom is 0.412 e. The number of piperazine rings is 1. The van der Waals surface area contributed by atoms with Crippen LogP contribution in [0.5, 0.6) is 0 Å². The third-order valence-electron chi connectivity index (χ3n) is 5.76. The number of furan rings is 1. The molecule has 1 aromatic carbocycles. The first-order valence-electron chi connectivity index (χ1n) is 13.4. The maximum absolute atomic E-state index is 13.1. The molecule has 2 heterocycles. The highest BCUT2D eigenvalue weighted by atomic mass is 32.2. The molecule has 0 unspecified atom stereocenters. The lowest BCUT2D eigenvalue weighted by molar-refractivity contribution is -0.112. The molecule has 1 saturated heterocycles. The number of ether oxygens (including phenoxy) is 2. The lowest BCUT2D eigenvalue weighted by Crippen LogP contribution is -2.49. The fraction of sp³-hybridized carbons (Fsp3) is 0.433. The number of hydrogen-bond acceptors (Lipinski definition) is 8. The van der Waals surface area contributed by atoms with Gasteiger partial charge in [-0.25, -0.2) is 9.59 Å². The lowest BCUT2D eigenvalue weighted by Gasteiger charge is -2.37. The Labute approximate surface area is 246 Å². The molecule has 0 radical (unpaired) electrons. The van der Waals surface area contributed by atoms with Gasteiger partial charge in [0.25, 0.3) is 5.91 Å². The summed E-state index contributed by atoms with van der Waals surface area (Å²) in [5, 5.41) is 7.42. The summed E-state index contributed by atoms with van der Waals surface area (Å²) < 4.78 is 16.3. The number of nitrogens with zero attached hydrogens (tertiary/aromatic N) is 2. The van der Waals surface area contributed by atoms with Crippen LogP contribution < -0.4 is 10.6 Å². The van der Waals surface area contributed by atoms with E-state index in [-0.39, 0.29) is 11.0 Å². The summed E-state index contributed by atoms with van der Waals surface area (Å²) in [6, 6.07) is 8.74. The molecular weight excluding hydrogens is 544 g/mol. The zero-order valence-corrected chi connectivity index (χ0v) is 25.6. The Bertz CT molecular complexity index is 1280. The Hall–Kier alpha value is -3.86. The molecule has 0 aliphatic carbocycles. The van der Waals surface area contributed by atoms with Gasteiger partial charge in [0.1, 0.15) is 17.0 Å². The molecule has 3 rings (SSSR count). The molecule has 10 nitrogen and oxygen atoms in total. The van der Waals surface area contributed by atoms with Crippen molar-refractivity contribution in [3.8, 4) is 11.3 Å². The Morgan fingerprint density at radius 2 is 1.56 bits per heavy atom. The highest BCUT2D eigenvalue weighted by Crippen LogP contribution is 2.31. The molecule has 1 aliphatic heterocycles. The summed E-state index contributed by atoms with van der Waals surface area (Å²) in [7, 11) is 0. The minimum atomic E-state index is -0.681. The summed E-state index contributed by atoms with van der Waals surface area (Å²) in [6.45, 7) is 19.2. The first-order valence-corrected chi connectivity index (χ1v) is 14.2. The van der Waals surface area contributed by atoms with Crippen LogP contribution in [0.3, 0.4) is 0 Å². The van der Waals surface area contributed by atoms with Gasteiger partial charge in [-0.1, -0.05) is 18.3 Å². The van der Waals surface area contributed by atoms with E-state index in [0.717, 1.165) is 11.3 Å². The molecule has 41 heavy (non-hydrogen) atoms. The second kappa shape index (κ2) is 13.2. The van der Waals surface area contributed by atoms with Gasteiger partial charge in [-0.3, -0.25) is 10.1 Å². The van der Waals surface area contributed by atoms with Gasteiger partial charge in [0.05, 0.1) is 22.5 Å². The zero-order chi connectivity index (χ0) is 30.4. The quantitative estimate of drug-likeness (QED) is 0.338. The summed E-state index contributed by atoms with van der Waals surface area (Å²) in [6.07, 6.45) is 0.609. The van der Waals surface area contributed by atoms with Gasteiger partial charge >= 0.3 is 12.2 Å². The summed E-state index contributed by atoms with van der Waals surface area (Å²) >= 11 is 1.20. The van der Waals surface area contributed by atoms with E-state index >= 15 is 0 Å². The van der Waals surface area contributed by atoms with Gasteiger partial charge in [0.2, 0.25) is 0 Å². The van der Waals surface area contributed by atoms with E-state index < -0.39 is 23.2 Å². The average molecular weight is 585 g/mol. The van der Waals surface area contributed by atoms with Crippen molar-refractivity contribution in [3.05, 3.63) is 59.2 Å². The van der Waals surface area contributed by atoms with E-state index in [2.05, 4.69) is 22.1 Å². The van der Waals surface area contributed by atoms with Crippen molar-refractivity contribution in [2.24, 2.45) is 0 Å². The molecule has 222 valence electrons. The number of benzene rings is 1. The van der Waals surface area contributed by atoms with Crippen LogP contribution in [-0.4, -0.2) is 65.3 Å². The van der Waals surface area contributed by atoms with Crippen molar-refractivity contribution < 1.29 is 28.3 Å². The van der Waals surface area contributed by atoms with Gasteiger partial charge in [0.15, 0.2) is 0 Å². The number of thioether (sulfide) groups is 1. The number of amides is 3. The first kappa shape index (κ1) is 31.7. The molecule has 3 amide bonds. The second-order valence-electron chi connectivity index (χ2n) is 11.6. The van der Waals surface area contributed by atoms with E-state index in [1.54, 1.807) is 62.3 Å². The minimum Gasteiger partial charge on any atom is -0.464 e. The Kier molecular flexibility index (Phi) is 10.2. The number of rotatable bonds is 7. The van der Waals surface area contributed by atoms with Crippen LogP contribution in [0.2, 0.25) is 0 Å². The van der Waals surface area contributed by atoms with E-state index in [9.17, 15) is 14.4 Å². The van der Waals surface area contributed by atoms with Crippen molar-refractivity contribution in [2.45, 2.75) is 59.7 Å². The predicted molar refractivity (Wildman–Crippen MR) is 162 cm³/mol. The van der Waals surface area contributed by atoms with E-state index in [0.29, 0.717) is 43.3 Å². The smallest absolute Gasteiger partial charge is 0.412 e. The topological polar surface area (TPSA) is 113 Å². The molecule has 1 aromatic heterocycles. The molecule has 0 atom stereocenters. The number of carbonyl (C=O) groups is 3. The lowest BCUT2D eigenvalue weighted by atomic mass is 10.1. The standard InChI is InChI=1S/C30H40N4O6S/c1-20(33-13-15-34(16-14-33)28(37)40-30(6,7)8)19-41-21(2)26(35)31-24-18-22(25-10-9-17-38-25)11-12-23(24)32-27(36)39-29(3,4)5/h9-12,17-19H,2,13-16H2,1,3-8H3,(H,31,35)(H,32,36)/b20-19+. The van der Waals surface area contributed by atoms with E-state index in [1.807, 2.05) is 33.1 Å². The molecule has 0 bridgehead atoms. The van der Waals surface area contributed by atoms with Crippen molar-refractivity contribution >= 4 is 41.2 Å². The van der Waals surface area contributed by atoms with Gasteiger partial charge in [-0.15, -0.1) is 0 Å². The molecule has 2 N–H and O–H groups in total. The average Bonchev–Trinajstić information content (AvgIpc) is 3.41. The summed E-state index contributed by atoms with van der Waals surface area (Å²) in [5.41, 5.74) is 1.21.